The third-order valence-corrected chi connectivity index (χ3v) is 4.95. The summed E-state index contributed by atoms with van der Waals surface area (Å²) < 4.78 is 0. The van der Waals surface area contributed by atoms with Gasteiger partial charge in [-0.25, -0.2) is 0 Å². The summed E-state index contributed by atoms with van der Waals surface area (Å²) in [5.74, 6) is 0.0569. The highest BCUT2D eigenvalue weighted by molar-refractivity contribution is 5.84. The van der Waals surface area contributed by atoms with E-state index in [0.717, 1.165) is 24.9 Å². The highest BCUT2D eigenvalue weighted by Gasteiger charge is 2.35. The molecule has 2 aliphatic heterocycles. The van der Waals surface area contributed by atoms with Crippen molar-refractivity contribution in [3.8, 4) is 0 Å². The maximum absolute atomic E-state index is 12.7. The van der Waals surface area contributed by atoms with Crippen LogP contribution in [-0.2, 0) is 9.59 Å². The number of rotatable bonds is 4. The van der Waals surface area contributed by atoms with Crippen molar-refractivity contribution in [2.24, 2.45) is 5.92 Å². The summed E-state index contributed by atoms with van der Waals surface area (Å²) >= 11 is 0. The molecule has 0 aliphatic carbocycles. The Morgan fingerprint density at radius 3 is 2.78 bits per heavy atom. The molecule has 2 N–H and O–H groups in total. The fraction of sp³-hybridized carbons (Fsp3) is 0.556. The molecule has 0 spiro atoms. The number of likely N-dealkylation sites (tertiary alicyclic amines) is 1. The molecule has 3 unspecified atom stereocenters. The standard InChI is InChI=1S/C18H24N2O3/c21-16(13-5-2-1-3-6-13)11-15-7-4-10-20(15)18(23)14-8-9-17(22)19-12-14/h1-3,5-6,14-16,21H,4,7-12H2,(H,19,22). The zero-order valence-corrected chi connectivity index (χ0v) is 13.3. The molecule has 2 saturated heterocycles. The highest BCUT2D eigenvalue weighted by atomic mass is 16.3. The largest absolute Gasteiger partial charge is 0.388 e. The first kappa shape index (κ1) is 16.0. The number of benzene rings is 1. The zero-order valence-electron chi connectivity index (χ0n) is 13.3. The van der Waals surface area contributed by atoms with E-state index in [0.29, 0.717) is 25.8 Å². The Kier molecular flexibility index (Phi) is 4.96. The van der Waals surface area contributed by atoms with E-state index in [9.17, 15) is 14.7 Å². The Bertz CT molecular complexity index is 551. The van der Waals surface area contributed by atoms with Crippen LogP contribution in [0.1, 0.15) is 43.8 Å². The van der Waals surface area contributed by atoms with Gasteiger partial charge in [-0.2, -0.15) is 0 Å². The van der Waals surface area contributed by atoms with Gasteiger partial charge in [-0.1, -0.05) is 30.3 Å². The molecule has 2 fully saturated rings. The van der Waals surface area contributed by atoms with Crippen molar-refractivity contribution in [2.75, 3.05) is 13.1 Å². The molecule has 0 bridgehead atoms. The number of carbonyl (C=O) groups excluding carboxylic acids is 2. The van der Waals surface area contributed by atoms with Crippen LogP contribution in [-0.4, -0.2) is 41.0 Å². The molecule has 3 rings (SSSR count). The van der Waals surface area contributed by atoms with Crippen molar-refractivity contribution in [3.63, 3.8) is 0 Å². The summed E-state index contributed by atoms with van der Waals surface area (Å²) in [4.78, 5) is 25.9. The predicted molar refractivity (Wildman–Crippen MR) is 86.5 cm³/mol. The number of carbonyl (C=O) groups is 2. The van der Waals surface area contributed by atoms with E-state index < -0.39 is 6.10 Å². The van der Waals surface area contributed by atoms with Crippen molar-refractivity contribution in [3.05, 3.63) is 35.9 Å². The van der Waals surface area contributed by atoms with E-state index in [1.54, 1.807) is 0 Å². The van der Waals surface area contributed by atoms with E-state index in [1.165, 1.54) is 0 Å². The van der Waals surface area contributed by atoms with Crippen molar-refractivity contribution in [2.45, 2.75) is 44.2 Å². The third kappa shape index (κ3) is 3.72. The van der Waals surface area contributed by atoms with E-state index in [4.69, 9.17) is 0 Å². The fourth-order valence-electron chi connectivity index (χ4n) is 3.62. The summed E-state index contributed by atoms with van der Waals surface area (Å²) in [7, 11) is 0. The van der Waals surface area contributed by atoms with Crippen LogP contribution >= 0.6 is 0 Å². The molecule has 2 heterocycles. The number of nitrogens with zero attached hydrogens (tertiary/aromatic N) is 1. The topological polar surface area (TPSA) is 69.6 Å². The van der Waals surface area contributed by atoms with Crippen LogP contribution in [0.15, 0.2) is 30.3 Å². The fourth-order valence-corrected chi connectivity index (χ4v) is 3.62. The molecule has 1 aromatic carbocycles. The molecule has 0 radical (unpaired) electrons. The van der Waals surface area contributed by atoms with Gasteiger partial charge in [0.15, 0.2) is 0 Å². The van der Waals surface area contributed by atoms with E-state index >= 15 is 0 Å². The molecule has 2 amide bonds. The predicted octanol–water partition coefficient (Wildman–Crippen LogP) is 1.63. The molecule has 1 aromatic rings. The van der Waals surface area contributed by atoms with E-state index in [-0.39, 0.29) is 23.8 Å². The van der Waals surface area contributed by atoms with Gasteiger partial charge in [-0.05, 0) is 31.2 Å². The Balaban J connectivity index is 1.61. The van der Waals surface area contributed by atoms with Crippen LogP contribution in [0.3, 0.4) is 0 Å². The lowest BCUT2D eigenvalue weighted by Crippen LogP contribution is -2.46. The van der Waals surface area contributed by atoms with Gasteiger partial charge in [-0.3, -0.25) is 9.59 Å². The van der Waals surface area contributed by atoms with Crippen molar-refractivity contribution in [1.29, 1.82) is 0 Å². The van der Waals surface area contributed by atoms with E-state index in [1.807, 2.05) is 35.2 Å². The summed E-state index contributed by atoms with van der Waals surface area (Å²) in [5.41, 5.74) is 0.900. The first-order valence-electron chi connectivity index (χ1n) is 8.45. The average Bonchev–Trinajstić information content (AvgIpc) is 3.04. The number of amides is 2. The SMILES string of the molecule is O=C1CCC(C(=O)N2CCCC2CC(O)c2ccccc2)CN1. The quantitative estimate of drug-likeness (QED) is 0.887. The van der Waals surface area contributed by atoms with Gasteiger partial charge in [0.25, 0.3) is 0 Å². The molecule has 0 aromatic heterocycles. The molecule has 124 valence electrons. The second-order valence-corrected chi connectivity index (χ2v) is 6.53. The van der Waals surface area contributed by atoms with Gasteiger partial charge in [0.2, 0.25) is 11.8 Å². The molecular formula is C18H24N2O3. The van der Waals surface area contributed by atoms with Gasteiger partial charge in [-0.15, -0.1) is 0 Å². The molecular weight excluding hydrogens is 292 g/mol. The molecule has 2 aliphatic rings. The first-order chi connectivity index (χ1) is 11.1. The molecule has 5 heteroatoms. The number of piperidine rings is 1. The molecule has 3 atom stereocenters. The van der Waals surface area contributed by atoms with Crippen LogP contribution in [0.5, 0.6) is 0 Å². The monoisotopic (exact) mass is 316 g/mol. The summed E-state index contributed by atoms with van der Waals surface area (Å²) in [6.45, 7) is 1.21. The molecule has 0 saturated carbocycles. The first-order valence-corrected chi connectivity index (χ1v) is 8.45. The minimum absolute atomic E-state index is 0.0338. The average molecular weight is 316 g/mol. The van der Waals surface area contributed by atoms with Crippen LogP contribution < -0.4 is 5.32 Å². The van der Waals surface area contributed by atoms with Crippen molar-refractivity contribution in [1.82, 2.24) is 10.2 Å². The van der Waals surface area contributed by atoms with Crippen molar-refractivity contribution >= 4 is 11.8 Å². The Hall–Kier alpha value is -1.88. The maximum atomic E-state index is 12.7. The second-order valence-electron chi connectivity index (χ2n) is 6.53. The number of aliphatic hydroxyl groups excluding tert-OH is 1. The third-order valence-electron chi connectivity index (χ3n) is 4.95. The lowest BCUT2D eigenvalue weighted by molar-refractivity contribution is -0.138. The summed E-state index contributed by atoms with van der Waals surface area (Å²) in [6, 6.07) is 9.70. The maximum Gasteiger partial charge on any atom is 0.227 e. The lowest BCUT2D eigenvalue weighted by Gasteiger charge is -2.31. The van der Waals surface area contributed by atoms with Gasteiger partial charge in [0.1, 0.15) is 0 Å². The van der Waals surface area contributed by atoms with Gasteiger partial charge in [0.05, 0.1) is 12.0 Å². The Morgan fingerprint density at radius 1 is 1.30 bits per heavy atom. The number of aliphatic hydroxyl groups is 1. The van der Waals surface area contributed by atoms with Crippen molar-refractivity contribution < 1.29 is 14.7 Å². The minimum atomic E-state index is -0.541. The summed E-state index contributed by atoms with van der Waals surface area (Å²) in [6.07, 6.45) is 3.03. The highest BCUT2D eigenvalue weighted by Crippen LogP contribution is 2.29. The van der Waals surface area contributed by atoms with Crippen LogP contribution in [0.2, 0.25) is 0 Å². The summed E-state index contributed by atoms with van der Waals surface area (Å²) in [5, 5.41) is 13.2. The Labute approximate surface area is 136 Å². The number of nitrogens with one attached hydrogen (secondary N) is 1. The van der Waals surface area contributed by atoms with Gasteiger partial charge >= 0.3 is 0 Å². The van der Waals surface area contributed by atoms with Gasteiger partial charge in [0, 0.05) is 25.6 Å². The Morgan fingerprint density at radius 2 is 2.09 bits per heavy atom. The molecule has 5 nitrogen and oxygen atoms in total. The minimum Gasteiger partial charge on any atom is -0.388 e. The second kappa shape index (κ2) is 7.13. The molecule has 23 heavy (non-hydrogen) atoms. The number of hydrogen-bond donors (Lipinski definition) is 2. The normalized spacial score (nSPS) is 26.0. The van der Waals surface area contributed by atoms with Crippen LogP contribution in [0, 0.1) is 5.92 Å². The van der Waals surface area contributed by atoms with Gasteiger partial charge < -0.3 is 15.3 Å². The smallest absolute Gasteiger partial charge is 0.227 e. The van der Waals surface area contributed by atoms with E-state index in [2.05, 4.69) is 5.32 Å². The zero-order chi connectivity index (χ0) is 16.2. The lowest BCUT2D eigenvalue weighted by atomic mass is 9.96. The number of hydrogen-bond acceptors (Lipinski definition) is 3. The van der Waals surface area contributed by atoms with Crippen LogP contribution in [0.25, 0.3) is 0 Å². The van der Waals surface area contributed by atoms with Crippen LogP contribution in [0.4, 0.5) is 0 Å².